The fourth-order valence-electron chi connectivity index (χ4n) is 1.34. The van der Waals surface area contributed by atoms with E-state index in [0.717, 1.165) is 0 Å². The Bertz CT molecular complexity index is 231. The van der Waals surface area contributed by atoms with Crippen LogP contribution in [0.15, 0.2) is 11.3 Å². The molecule has 4 nitrogen and oxygen atoms in total. The molecule has 0 heterocycles. The van der Waals surface area contributed by atoms with Gasteiger partial charge < -0.3 is 14.9 Å². The van der Waals surface area contributed by atoms with E-state index in [1.165, 1.54) is 14.0 Å². The zero-order valence-corrected chi connectivity index (χ0v) is 7.07. The number of carbonyl (C=O) groups is 1. The van der Waals surface area contributed by atoms with Crippen molar-refractivity contribution in [3.63, 3.8) is 0 Å². The molecule has 0 aromatic rings. The Labute approximate surface area is 70.5 Å². The van der Waals surface area contributed by atoms with Crippen LogP contribution in [-0.4, -0.2) is 35.3 Å². The molecule has 0 radical (unpaired) electrons. The fraction of sp³-hybridized carbons (Fsp3) is 0.625. The van der Waals surface area contributed by atoms with Gasteiger partial charge in [0.2, 0.25) is 0 Å². The number of rotatable bonds is 1. The first-order chi connectivity index (χ1) is 5.57. The van der Waals surface area contributed by atoms with E-state index in [1.54, 1.807) is 0 Å². The molecular weight excluding hydrogens is 160 g/mol. The molecule has 1 aliphatic rings. The zero-order valence-electron chi connectivity index (χ0n) is 7.07. The van der Waals surface area contributed by atoms with Crippen molar-refractivity contribution in [3.8, 4) is 0 Å². The molecule has 0 spiro atoms. The predicted octanol–water partition coefficient (Wildman–Crippen LogP) is -0.399. The molecule has 0 saturated heterocycles. The van der Waals surface area contributed by atoms with Gasteiger partial charge in [0.05, 0.1) is 7.11 Å². The SMILES string of the molecule is COC1=C(C)C(=O)[C@H](O)C[C@H]1O. The van der Waals surface area contributed by atoms with Gasteiger partial charge in [0.1, 0.15) is 18.0 Å². The molecule has 68 valence electrons. The van der Waals surface area contributed by atoms with Crippen LogP contribution in [0.5, 0.6) is 0 Å². The highest BCUT2D eigenvalue weighted by Gasteiger charge is 2.32. The number of methoxy groups -OCH3 is 1. The predicted molar refractivity (Wildman–Crippen MR) is 41.3 cm³/mol. The van der Waals surface area contributed by atoms with Gasteiger partial charge in [0.15, 0.2) is 5.78 Å². The third-order valence-electron chi connectivity index (χ3n) is 2.01. The minimum absolute atomic E-state index is 0.0271. The minimum Gasteiger partial charge on any atom is -0.498 e. The summed E-state index contributed by atoms with van der Waals surface area (Å²) in [6, 6.07) is 0. The molecule has 0 amide bonds. The van der Waals surface area contributed by atoms with E-state index in [4.69, 9.17) is 9.84 Å². The molecule has 4 heteroatoms. The summed E-state index contributed by atoms with van der Waals surface area (Å²) in [5.41, 5.74) is 0.309. The average molecular weight is 172 g/mol. The second-order valence-electron chi connectivity index (χ2n) is 2.82. The number of carbonyl (C=O) groups excluding carboxylic acids is 1. The van der Waals surface area contributed by atoms with E-state index in [2.05, 4.69) is 0 Å². The van der Waals surface area contributed by atoms with E-state index in [1.807, 2.05) is 0 Å². The molecule has 0 saturated carbocycles. The molecule has 0 bridgehead atoms. The normalized spacial score (nSPS) is 30.8. The zero-order chi connectivity index (χ0) is 9.30. The Hall–Kier alpha value is -0.870. The minimum atomic E-state index is -1.08. The van der Waals surface area contributed by atoms with Gasteiger partial charge in [-0.1, -0.05) is 0 Å². The second kappa shape index (κ2) is 3.25. The van der Waals surface area contributed by atoms with E-state index in [-0.39, 0.29) is 18.0 Å². The molecule has 1 aliphatic carbocycles. The summed E-state index contributed by atoms with van der Waals surface area (Å²) in [4.78, 5) is 11.1. The first-order valence-electron chi connectivity index (χ1n) is 3.73. The lowest BCUT2D eigenvalue weighted by Crippen LogP contribution is -2.34. The lowest BCUT2D eigenvalue weighted by Gasteiger charge is -2.24. The topological polar surface area (TPSA) is 66.8 Å². The maximum Gasteiger partial charge on any atom is 0.190 e. The van der Waals surface area contributed by atoms with Crippen LogP contribution in [0.2, 0.25) is 0 Å². The monoisotopic (exact) mass is 172 g/mol. The Morgan fingerprint density at radius 3 is 2.50 bits per heavy atom. The van der Waals surface area contributed by atoms with E-state index >= 15 is 0 Å². The van der Waals surface area contributed by atoms with Gasteiger partial charge >= 0.3 is 0 Å². The molecule has 2 N–H and O–H groups in total. The first-order valence-corrected chi connectivity index (χ1v) is 3.73. The molecule has 2 atom stereocenters. The second-order valence-corrected chi connectivity index (χ2v) is 2.82. The fourth-order valence-corrected chi connectivity index (χ4v) is 1.34. The maximum absolute atomic E-state index is 11.1. The number of hydrogen-bond donors (Lipinski definition) is 2. The third-order valence-corrected chi connectivity index (χ3v) is 2.01. The van der Waals surface area contributed by atoms with Crippen LogP contribution in [0, 0.1) is 0 Å². The van der Waals surface area contributed by atoms with Crippen molar-refractivity contribution >= 4 is 5.78 Å². The van der Waals surface area contributed by atoms with E-state index < -0.39 is 12.2 Å². The number of ether oxygens (including phenoxy) is 1. The highest BCUT2D eigenvalue weighted by molar-refractivity contribution is 5.99. The summed E-state index contributed by atoms with van der Waals surface area (Å²) in [6.45, 7) is 1.53. The van der Waals surface area contributed by atoms with Crippen molar-refractivity contribution in [1.29, 1.82) is 0 Å². The summed E-state index contributed by atoms with van der Waals surface area (Å²) < 4.78 is 4.83. The first kappa shape index (κ1) is 9.22. The standard InChI is InChI=1S/C8H12O4/c1-4-7(11)5(9)3-6(10)8(4)12-2/h5-6,9-10H,3H2,1-2H3/t5-,6-/m1/s1. The van der Waals surface area contributed by atoms with Gasteiger partial charge in [-0.3, -0.25) is 4.79 Å². The van der Waals surface area contributed by atoms with Gasteiger partial charge in [-0.05, 0) is 6.92 Å². The van der Waals surface area contributed by atoms with E-state index in [9.17, 15) is 9.90 Å². The molecule has 0 aromatic heterocycles. The lowest BCUT2D eigenvalue weighted by molar-refractivity contribution is -0.126. The summed E-state index contributed by atoms with van der Waals surface area (Å²) in [6.07, 6.45) is -1.92. The molecular formula is C8H12O4. The Morgan fingerprint density at radius 2 is 2.00 bits per heavy atom. The lowest BCUT2D eigenvalue weighted by atomic mass is 9.93. The van der Waals surface area contributed by atoms with Crippen molar-refractivity contribution in [2.45, 2.75) is 25.6 Å². The van der Waals surface area contributed by atoms with Crippen molar-refractivity contribution < 1.29 is 19.7 Å². The van der Waals surface area contributed by atoms with Crippen molar-refractivity contribution in [1.82, 2.24) is 0 Å². The van der Waals surface area contributed by atoms with Crippen LogP contribution in [0.4, 0.5) is 0 Å². The number of aliphatic hydroxyl groups excluding tert-OH is 2. The Kier molecular flexibility index (Phi) is 2.49. The molecule has 0 aliphatic heterocycles. The largest absolute Gasteiger partial charge is 0.498 e. The Balaban J connectivity index is 2.99. The Morgan fingerprint density at radius 1 is 1.42 bits per heavy atom. The highest BCUT2D eigenvalue weighted by Crippen LogP contribution is 2.22. The number of Topliss-reactive ketones (excluding diaryl/α,β-unsaturated/α-hetero) is 1. The van der Waals surface area contributed by atoms with Gasteiger partial charge in [0, 0.05) is 12.0 Å². The molecule has 12 heavy (non-hydrogen) atoms. The number of ketones is 1. The van der Waals surface area contributed by atoms with Crippen LogP contribution in [0.25, 0.3) is 0 Å². The van der Waals surface area contributed by atoms with Gasteiger partial charge in [-0.2, -0.15) is 0 Å². The quantitative estimate of drug-likeness (QED) is 0.565. The smallest absolute Gasteiger partial charge is 0.190 e. The number of aliphatic hydroxyl groups is 2. The van der Waals surface area contributed by atoms with E-state index in [0.29, 0.717) is 5.57 Å². The molecule has 1 rings (SSSR count). The molecule has 0 fully saturated rings. The maximum atomic E-state index is 11.1. The van der Waals surface area contributed by atoms with Crippen LogP contribution in [0.3, 0.4) is 0 Å². The van der Waals surface area contributed by atoms with Crippen LogP contribution in [-0.2, 0) is 9.53 Å². The summed E-state index contributed by atoms with van der Waals surface area (Å²) in [5.74, 6) is -0.0950. The van der Waals surface area contributed by atoms with Gasteiger partial charge in [-0.15, -0.1) is 0 Å². The van der Waals surface area contributed by atoms with Gasteiger partial charge in [0.25, 0.3) is 0 Å². The summed E-state index contributed by atoms with van der Waals surface area (Å²) in [5, 5.41) is 18.5. The highest BCUT2D eigenvalue weighted by atomic mass is 16.5. The van der Waals surface area contributed by atoms with Crippen molar-refractivity contribution in [3.05, 3.63) is 11.3 Å². The molecule has 0 unspecified atom stereocenters. The van der Waals surface area contributed by atoms with Gasteiger partial charge in [-0.25, -0.2) is 0 Å². The third kappa shape index (κ3) is 1.35. The average Bonchev–Trinajstić information content (AvgIpc) is 2.01. The summed E-state index contributed by atoms with van der Waals surface area (Å²) >= 11 is 0. The molecule has 0 aromatic carbocycles. The van der Waals surface area contributed by atoms with Crippen molar-refractivity contribution in [2.75, 3.05) is 7.11 Å². The van der Waals surface area contributed by atoms with Crippen LogP contribution < -0.4 is 0 Å². The number of hydrogen-bond acceptors (Lipinski definition) is 4. The van der Waals surface area contributed by atoms with Crippen LogP contribution >= 0.6 is 0 Å². The van der Waals surface area contributed by atoms with Crippen LogP contribution in [0.1, 0.15) is 13.3 Å². The summed E-state index contributed by atoms with van der Waals surface area (Å²) in [7, 11) is 1.40. The van der Waals surface area contributed by atoms with Crippen molar-refractivity contribution in [2.24, 2.45) is 0 Å².